The second-order valence-electron chi connectivity index (χ2n) is 4.67. The molecule has 118 valence electrons. The van der Waals surface area contributed by atoms with Crippen molar-refractivity contribution >= 4 is 58.8 Å². The van der Waals surface area contributed by atoms with Gasteiger partial charge < -0.3 is 10.6 Å². The second kappa shape index (κ2) is 9.03. The Bertz CT molecular complexity index is 467. The Balaban J connectivity index is 0.00000220. The highest BCUT2D eigenvalue weighted by Gasteiger charge is 2.15. The van der Waals surface area contributed by atoms with Crippen LogP contribution in [-0.4, -0.2) is 43.5 Å². The molecule has 4 nitrogen and oxygen atoms in total. The van der Waals surface area contributed by atoms with Crippen LogP contribution in [0, 0.1) is 0 Å². The van der Waals surface area contributed by atoms with E-state index in [9.17, 15) is 4.79 Å². The zero-order valence-electron chi connectivity index (χ0n) is 11.3. The van der Waals surface area contributed by atoms with E-state index in [1.807, 2.05) is 0 Å². The predicted molar refractivity (Wildman–Crippen MR) is 91.3 cm³/mol. The van der Waals surface area contributed by atoms with Crippen LogP contribution in [0.1, 0.15) is 6.42 Å². The van der Waals surface area contributed by atoms with Gasteiger partial charge in [0.2, 0.25) is 5.91 Å². The van der Waals surface area contributed by atoms with Crippen LogP contribution >= 0.6 is 47.2 Å². The van der Waals surface area contributed by atoms with E-state index < -0.39 is 0 Å². The van der Waals surface area contributed by atoms with Gasteiger partial charge in [0.25, 0.3) is 0 Å². The smallest absolute Gasteiger partial charge is 0.238 e. The lowest BCUT2D eigenvalue weighted by Crippen LogP contribution is -2.35. The van der Waals surface area contributed by atoms with Crippen LogP contribution in [0.25, 0.3) is 0 Å². The van der Waals surface area contributed by atoms with Gasteiger partial charge in [-0.1, -0.05) is 34.8 Å². The first-order valence-electron chi connectivity index (χ1n) is 6.44. The molecule has 1 aliphatic heterocycles. The SMILES string of the molecule is Cl.O=C(CN1CCCNCC1)Nc1c(Cl)cc(Cl)cc1Cl. The largest absolute Gasteiger partial charge is 0.322 e. The third-order valence-electron chi connectivity index (χ3n) is 3.07. The molecule has 2 rings (SSSR count). The quantitative estimate of drug-likeness (QED) is 0.855. The van der Waals surface area contributed by atoms with Gasteiger partial charge in [-0.15, -0.1) is 12.4 Å². The summed E-state index contributed by atoms with van der Waals surface area (Å²) in [5.41, 5.74) is 0.413. The summed E-state index contributed by atoms with van der Waals surface area (Å²) in [7, 11) is 0. The lowest BCUT2D eigenvalue weighted by molar-refractivity contribution is -0.117. The highest BCUT2D eigenvalue weighted by molar-refractivity contribution is 6.42. The number of hydrogen-bond donors (Lipinski definition) is 2. The summed E-state index contributed by atoms with van der Waals surface area (Å²) in [6, 6.07) is 3.11. The molecule has 0 aromatic heterocycles. The van der Waals surface area contributed by atoms with Crippen LogP contribution in [-0.2, 0) is 4.79 Å². The molecule has 0 radical (unpaired) electrons. The number of nitrogens with zero attached hydrogens (tertiary/aromatic N) is 1. The van der Waals surface area contributed by atoms with Crippen molar-refractivity contribution in [1.29, 1.82) is 0 Å². The number of halogens is 4. The Kier molecular flexibility index (Phi) is 8.09. The molecule has 0 unspecified atom stereocenters. The number of amides is 1. The molecule has 21 heavy (non-hydrogen) atoms. The van der Waals surface area contributed by atoms with E-state index in [1.54, 1.807) is 12.1 Å². The number of nitrogens with one attached hydrogen (secondary N) is 2. The second-order valence-corrected chi connectivity index (χ2v) is 5.92. The maximum Gasteiger partial charge on any atom is 0.238 e. The molecule has 1 aromatic rings. The molecule has 1 amide bonds. The van der Waals surface area contributed by atoms with Crippen LogP contribution in [0.3, 0.4) is 0 Å². The Morgan fingerprint density at radius 1 is 1.19 bits per heavy atom. The van der Waals surface area contributed by atoms with Crippen LogP contribution in [0.4, 0.5) is 5.69 Å². The first-order valence-corrected chi connectivity index (χ1v) is 7.57. The average molecular weight is 373 g/mol. The normalized spacial score (nSPS) is 16.0. The van der Waals surface area contributed by atoms with Gasteiger partial charge in [-0.2, -0.15) is 0 Å². The topological polar surface area (TPSA) is 44.4 Å². The number of anilines is 1. The van der Waals surface area contributed by atoms with Crippen molar-refractivity contribution in [3.63, 3.8) is 0 Å². The average Bonchev–Trinajstić information content (AvgIpc) is 2.62. The minimum absolute atomic E-state index is 0. The Morgan fingerprint density at radius 3 is 2.52 bits per heavy atom. The summed E-state index contributed by atoms with van der Waals surface area (Å²) in [4.78, 5) is 14.2. The summed E-state index contributed by atoms with van der Waals surface area (Å²) in [6.45, 7) is 3.98. The molecule has 0 spiro atoms. The summed E-state index contributed by atoms with van der Waals surface area (Å²) in [6.07, 6.45) is 1.04. The van der Waals surface area contributed by atoms with Crippen LogP contribution in [0.2, 0.25) is 15.1 Å². The van der Waals surface area contributed by atoms with E-state index in [1.165, 1.54) is 0 Å². The van der Waals surface area contributed by atoms with E-state index in [0.29, 0.717) is 27.3 Å². The molecule has 0 atom stereocenters. The third kappa shape index (κ3) is 5.81. The van der Waals surface area contributed by atoms with Crippen molar-refractivity contribution in [2.75, 3.05) is 38.0 Å². The monoisotopic (exact) mass is 371 g/mol. The first kappa shape index (κ1) is 18.8. The van der Waals surface area contributed by atoms with E-state index in [4.69, 9.17) is 34.8 Å². The molecule has 0 bridgehead atoms. The molecular weight excluding hydrogens is 356 g/mol. The zero-order valence-corrected chi connectivity index (χ0v) is 14.4. The van der Waals surface area contributed by atoms with E-state index in [2.05, 4.69) is 15.5 Å². The minimum atomic E-state index is -0.127. The zero-order chi connectivity index (χ0) is 14.5. The van der Waals surface area contributed by atoms with Gasteiger partial charge in [0, 0.05) is 18.1 Å². The number of benzene rings is 1. The molecule has 1 heterocycles. The highest BCUT2D eigenvalue weighted by Crippen LogP contribution is 2.33. The fraction of sp³-hybridized carbons (Fsp3) is 0.462. The summed E-state index contributed by atoms with van der Waals surface area (Å²) in [5.74, 6) is -0.127. The van der Waals surface area contributed by atoms with Crippen molar-refractivity contribution in [2.45, 2.75) is 6.42 Å². The van der Waals surface area contributed by atoms with Crippen LogP contribution in [0.15, 0.2) is 12.1 Å². The Hall–Kier alpha value is -0.230. The van der Waals surface area contributed by atoms with Gasteiger partial charge in [-0.05, 0) is 31.6 Å². The van der Waals surface area contributed by atoms with Crippen molar-refractivity contribution in [2.24, 2.45) is 0 Å². The van der Waals surface area contributed by atoms with Crippen molar-refractivity contribution in [1.82, 2.24) is 10.2 Å². The standard InChI is InChI=1S/C13H16Cl3N3O.ClH/c14-9-6-10(15)13(11(16)7-9)18-12(20)8-19-4-1-2-17-3-5-19;/h6-7,17H,1-5,8H2,(H,18,20);1H. The molecule has 0 saturated carbocycles. The van der Waals surface area contributed by atoms with E-state index in [-0.39, 0.29) is 18.3 Å². The fourth-order valence-corrected chi connectivity index (χ4v) is 3.01. The number of rotatable bonds is 3. The highest BCUT2D eigenvalue weighted by atomic mass is 35.5. The molecule has 1 fully saturated rings. The molecule has 1 aliphatic rings. The summed E-state index contributed by atoms with van der Waals surface area (Å²) >= 11 is 17.9. The Morgan fingerprint density at radius 2 is 1.86 bits per heavy atom. The lowest BCUT2D eigenvalue weighted by atomic mass is 10.3. The molecule has 0 aliphatic carbocycles. The maximum atomic E-state index is 12.1. The third-order valence-corrected chi connectivity index (χ3v) is 3.89. The van der Waals surface area contributed by atoms with E-state index >= 15 is 0 Å². The van der Waals surface area contributed by atoms with Crippen molar-refractivity contribution < 1.29 is 4.79 Å². The van der Waals surface area contributed by atoms with Gasteiger partial charge >= 0.3 is 0 Å². The summed E-state index contributed by atoms with van der Waals surface area (Å²) < 4.78 is 0. The lowest BCUT2D eigenvalue weighted by Gasteiger charge is -2.19. The number of carbonyl (C=O) groups excluding carboxylic acids is 1. The minimum Gasteiger partial charge on any atom is -0.322 e. The van der Waals surface area contributed by atoms with Gasteiger partial charge in [-0.3, -0.25) is 9.69 Å². The number of carbonyl (C=O) groups is 1. The van der Waals surface area contributed by atoms with Gasteiger partial charge in [0.1, 0.15) is 0 Å². The first-order chi connectivity index (χ1) is 9.56. The van der Waals surface area contributed by atoms with Crippen LogP contribution < -0.4 is 10.6 Å². The molecule has 1 saturated heterocycles. The maximum absolute atomic E-state index is 12.1. The van der Waals surface area contributed by atoms with Crippen molar-refractivity contribution in [3.05, 3.63) is 27.2 Å². The van der Waals surface area contributed by atoms with Gasteiger partial charge in [-0.25, -0.2) is 0 Å². The van der Waals surface area contributed by atoms with Gasteiger partial charge in [0.15, 0.2) is 0 Å². The van der Waals surface area contributed by atoms with Gasteiger partial charge in [0.05, 0.1) is 22.3 Å². The Labute approximate surface area is 145 Å². The number of hydrogen-bond acceptors (Lipinski definition) is 3. The van der Waals surface area contributed by atoms with E-state index in [0.717, 1.165) is 32.6 Å². The molecular formula is C13H17Cl4N3O. The van der Waals surface area contributed by atoms with Crippen molar-refractivity contribution in [3.8, 4) is 0 Å². The molecule has 8 heteroatoms. The predicted octanol–water partition coefficient (Wildman–Crippen LogP) is 3.30. The molecule has 1 aromatic carbocycles. The summed E-state index contributed by atoms with van der Waals surface area (Å²) in [5, 5.41) is 7.17. The molecule has 2 N–H and O–H groups in total. The van der Waals surface area contributed by atoms with Crippen LogP contribution in [0.5, 0.6) is 0 Å². The fourth-order valence-electron chi connectivity index (χ4n) is 2.10.